The van der Waals surface area contributed by atoms with Gasteiger partial charge in [0.25, 0.3) is 5.91 Å². The first-order valence-corrected chi connectivity index (χ1v) is 8.64. The molecular formula is C21H20N4O3. The summed E-state index contributed by atoms with van der Waals surface area (Å²) in [5, 5.41) is 5.85. The lowest BCUT2D eigenvalue weighted by atomic mass is 10.1. The van der Waals surface area contributed by atoms with Gasteiger partial charge in [0, 0.05) is 22.6 Å². The Kier molecular flexibility index (Phi) is 5.64. The maximum Gasteiger partial charge on any atom is 0.274 e. The van der Waals surface area contributed by atoms with E-state index in [2.05, 4.69) is 20.6 Å². The molecule has 3 aromatic rings. The molecule has 3 rings (SSSR count). The largest absolute Gasteiger partial charge is 0.497 e. The van der Waals surface area contributed by atoms with Crippen LogP contribution in [0.3, 0.4) is 0 Å². The van der Waals surface area contributed by atoms with Crippen LogP contribution in [0.2, 0.25) is 0 Å². The predicted octanol–water partition coefficient (Wildman–Crippen LogP) is 3.99. The second kappa shape index (κ2) is 8.30. The van der Waals surface area contributed by atoms with E-state index in [0.717, 1.165) is 5.69 Å². The van der Waals surface area contributed by atoms with Crippen molar-refractivity contribution in [2.24, 2.45) is 0 Å². The van der Waals surface area contributed by atoms with Crippen LogP contribution in [0, 0.1) is 6.92 Å². The Morgan fingerprint density at radius 3 is 2.18 bits per heavy atom. The number of hydrogen-bond donors (Lipinski definition) is 2. The molecule has 0 fully saturated rings. The Hall–Kier alpha value is -3.74. The highest BCUT2D eigenvalue weighted by atomic mass is 16.5. The summed E-state index contributed by atoms with van der Waals surface area (Å²) in [4.78, 5) is 32.5. The highest BCUT2D eigenvalue weighted by Crippen LogP contribution is 2.18. The zero-order valence-corrected chi connectivity index (χ0v) is 15.8. The Bertz CT molecular complexity index is 999. The molecule has 1 aromatic heterocycles. The van der Waals surface area contributed by atoms with Gasteiger partial charge in [0.15, 0.2) is 5.78 Å². The smallest absolute Gasteiger partial charge is 0.274 e. The molecule has 0 bridgehead atoms. The lowest BCUT2D eigenvalue weighted by Gasteiger charge is -2.09. The van der Waals surface area contributed by atoms with E-state index in [1.807, 2.05) is 0 Å². The van der Waals surface area contributed by atoms with Crippen LogP contribution in [-0.2, 0) is 0 Å². The third-order valence-corrected chi connectivity index (χ3v) is 3.98. The van der Waals surface area contributed by atoms with Gasteiger partial charge in [0.05, 0.1) is 7.11 Å². The number of hydrogen-bond acceptors (Lipinski definition) is 6. The standard InChI is InChI=1S/C21H20N4O3/c1-13-12-19(20(27)23-16-8-10-18(28-3)11-9-16)25-21(22-13)24-17-6-4-15(5-7-17)14(2)26/h4-12H,1-3H3,(H,23,27)(H,22,24,25). The molecule has 0 atom stereocenters. The quantitative estimate of drug-likeness (QED) is 0.632. The first kappa shape index (κ1) is 19.0. The van der Waals surface area contributed by atoms with Crippen LogP contribution in [-0.4, -0.2) is 28.8 Å². The van der Waals surface area contributed by atoms with Gasteiger partial charge in [-0.3, -0.25) is 9.59 Å². The fraction of sp³-hybridized carbons (Fsp3) is 0.143. The van der Waals surface area contributed by atoms with Crippen molar-refractivity contribution in [2.45, 2.75) is 13.8 Å². The molecule has 0 aliphatic heterocycles. The second-order valence-corrected chi connectivity index (χ2v) is 6.16. The molecule has 1 amide bonds. The van der Waals surface area contributed by atoms with Crippen molar-refractivity contribution in [3.05, 3.63) is 71.5 Å². The number of nitrogens with one attached hydrogen (secondary N) is 2. The minimum Gasteiger partial charge on any atom is -0.497 e. The SMILES string of the molecule is COc1ccc(NC(=O)c2cc(C)nc(Nc3ccc(C(C)=O)cc3)n2)cc1. The molecule has 0 unspecified atom stereocenters. The van der Waals surface area contributed by atoms with Crippen LogP contribution >= 0.6 is 0 Å². The van der Waals surface area contributed by atoms with Crippen molar-refractivity contribution in [1.82, 2.24) is 9.97 Å². The molecule has 0 radical (unpaired) electrons. The fourth-order valence-electron chi connectivity index (χ4n) is 2.53. The zero-order valence-electron chi connectivity index (χ0n) is 15.8. The third kappa shape index (κ3) is 4.70. The van der Waals surface area contributed by atoms with Gasteiger partial charge in [-0.15, -0.1) is 0 Å². The van der Waals surface area contributed by atoms with Gasteiger partial charge in [-0.25, -0.2) is 9.97 Å². The van der Waals surface area contributed by atoms with Gasteiger partial charge in [-0.1, -0.05) is 0 Å². The molecule has 0 saturated carbocycles. The molecule has 0 aliphatic carbocycles. The Morgan fingerprint density at radius 2 is 1.57 bits per heavy atom. The van der Waals surface area contributed by atoms with Gasteiger partial charge in [0.1, 0.15) is 11.4 Å². The summed E-state index contributed by atoms with van der Waals surface area (Å²) in [7, 11) is 1.58. The number of amides is 1. The molecule has 0 spiro atoms. The minimum absolute atomic E-state index is 0.00385. The summed E-state index contributed by atoms with van der Waals surface area (Å²) in [6, 6.07) is 15.6. The van der Waals surface area contributed by atoms with E-state index in [1.165, 1.54) is 6.92 Å². The lowest BCUT2D eigenvalue weighted by molar-refractivity contribution is 0.101. The molecule has 28 heavy (non-hydrogen) atoms. The van der Waals surface area contributed by atoms with Crippen LogP contribution in [0.1, 0.15) is 33.5 Å². The van der Waals surface area contributed by atoms with E-state index in [1.54, 1.807) is 68.6 Å². The number of ketones is 1. The van der Waals surface area contributed by atoms with Crippen molar-refractivity contribution >= 4 is 29.0 Å². The van der Waals surface area contributed by atoms with Gasteiger partial charge in [-0.05, 0) is 68.4 Å². The van der Waals surface area contributed by atoms with E-state index >= 15 is 0 Å². The highest BCUT2D eigenvalue weighted by Gasteiger charge is 2.12. The van der Waals surface area contributed by atoms with Crippen LogP contribution in [0.25, 0.3) is 0 Å². The lowest BCUT2D eigenvalue weighted by Crippen LogP contribution is -2.15. The van der Waals surface area contributed by atoms with Gasteiger partial charge < -0.3 is 15.4 Å². The average molecular weight is 376 g/mol. The maximum absolute atomic E-state index is 12.5. The number of ether oxygens (including phenoxy) is 1. The van der Waals surface area contributed by atoms with E-state index in [4.69, 9.17) is 4.74 Å². The Labute approximate surface area is 162 Å². The molecule has 0 aliphatic rings. The maximum atomic E-state index is 12.5. The Morgan fingerprint density at radius 1 is 0.929 bits per heavy atom. The van der Waals surface area contributed by atoms with Gasteiger partial charge in [0.2, 0.25) is 5.95 Å². The fourth-order valence-corrected chi connectivity index (χ4v) is 2.53. The normalized spacial score (nSPS) is 10.2. The van der Waals surface area contributed by atoms with Crippen LogP contribution in [0.15, 0.2) is 54.6 Å². The number of benzene rings is 2. The molecular weight excluding hydrogens is 356 g/mol. The number of carbonyl (C=O) groups excluding carboxylic acids is 2. The summed E-state index contributed by atoms with van der Waals surface area (Å²) >= 11 is 0. The van der Waals surface area contributed by atoms with Crippen LogP contribution < -0.4 is 15.4 Å². The summed E-state index contributed by atoms with van der Waals surface area (Å²) in [5.41, 5.74) is 2.87. The van der Waals surface area contributed by atoms with Crippen molar-refractivity contribution in [2.75, 3.05) is 17.7 Å². The summed E-state index contributed by atoms with van der Waals surface area (Å²) in [5.74, 6) is 0.662. The topological polar surface area (TPSA) is 93.2 Å². The highest BCUT2D eigenvalue weighted by molar-refractivity contribution is 6.03. The molecule has 1 heterocycles. The second-order valence-electron chi connectivity index (χ2n) is 6.16. The number of Topliss-reactive ketones (excluding diaryl/α,β-unsaturated/α-hetero) is 1. The number of aryl methyl sites for hydroxylation is 1. The van der Waals surface area contributed by atoms with E-state index in [9.17, 15) is 9.59 Å². The number of rotatable bonds is 6. The Balaban J connectivity index is 1.76. The summed E-state index contributed by atoms with van der Waals surface area (Å²) in [6.45, 7) is 3.30. The van der Waals surface area contributed by atoms with Gasteiger partial charge in [-0.2, -0.15) is 0 Å². The first-order chi connectivity index (χ1) is 13.4. The summed E-state index contributed by atoms with van der Waals surface area (Å²) in [6.07, 6.45) is 0. The zero-order chi connectivity index (χ0) is 20.1. The third-order valence-electron chi connectivity index (χ3n) is 3.98. The van der Waals surface area contributed by atoms with Crippen molar-refractivity contribution in [3.8, 4) is 5.75 Å². The number of nitrogens with zero attached hydrogens (tertiary/aromatic N) is 2. The minimum atomic E-state index is -0.342. The molecule has 2 N–H and O–H groups in total. The number of carbonyl (C=O) groups is 2. The number of aromatic nitrogens is 2. The monoisotopic (exact) mass is 376 g/mol. The first-order valence-electron chi connectivity index (χ1n) is 8.64. The number of anilines is 3. The van der Waals surface area contributed by atoms with E-state index < -0.39 is 0 Å². The molecule has 7 nitrogen and oxygen atoms in total. The molecule has 7 heteroatoms. The van der Waals surface area contributed by atoms with Crippen LogP contribution in [0.5, 0.6) is 5.75 Å². The number of methoxy groups -OCH3 is 1. The van der Waals surface area contributed by atoms with E-state index in [-0.39, 0.29) is 17.4 Å². The van der Waals surface area contributed by atoms with Crippen molar-refractivity contribution < 1.29 is 14.3 Å². The van der Waals surface area contributed by atoms with Crippen molar-refractivity contribution in [3.63, 3.8) is 0 Å². The molecule has 142 valence electrons. The van der Waals surface area contributed by atoms with E-state index in [0.29, 0.717) is 28.6 Å². The summed E-state index contributed by atoms with van der Waals surface area (Å²) < 4.78 is 5.11. The molecule has 2 aromatic carbocycles. The van der Waals surface area contributed by atoms with Gasteiger partial charge >= 0.3 is 0 Å². The van der Waals surface area contributed by atoms with Crippen molar-refractivity contribution in [1.29, 1.82) is 0 Å². The molecule has 0 saturated heterocycles. The average Bonchev–Trinajstić information content (AvgIpc) is 2.68. The predicted molar refractivity (Wildman–Crippen MR) is 107 cm³/mol. The van der Waals surface area contributed by atoms with Crippen LogP contribution in [0.4, 0.5) is 17.3 Å².